The lowest BCUT2D eigenvalue weighted by Crippen LogP contribution is -2.53. The number of rotatable bonds is 7. The second kappa shape index (κ2) is 10.7. The predicted octanol–water partition coefficient (Wildman–Crippen LogP) is 1.75. The van der Waals surface area contributed by atoms with Crippen LogP contribution in [0.2, 0.25) is 0 Å². The van der Waals surface area contributed by atoms with E-state index < -0.39 is 0 Å². The Hall–Kier alpha value is -3.00. The molecule has 2 heterocycles. The lowest BCUT2D eigenvalue weighted by molar-refractivity contribution is 0.0657. The Morgan fingerprint density at radius 2 is 1.87 bits per heavy atom. The molecule has 162 valence electrons. The number of furan rings is 1. The molecular weight excluding hydrogens is 382 g/mol. The number of likely N-dealkylation sites (N-methyl/N-ethyl adjacent to an activating group) is 1. The summed E-state index contributed by atoms with van der Waals surface area (Å²) in [6.07, 6.45) is 1.53. The summed E-state index contributed by atoms with van der Waals surface area (Å²) in [4.78, 5) is 22.9. The molecule has 8 nitrogen and oxygen atoms in total. The molecule has 0 unspecified atom stereocenters. The Balaban J connectivity index is 1.52. The van der Waals surface area contributed by atoms with Gasteiger partial charge in [-0.05, 0) is 32.3 Å². The quantitative estimate of drug-likeness (QED) is 0.551. The molecule has 1 aliphatic heterocycles. The first-order chi connectivity index (χ1) is 14.6. The summed E-state index contributed by atoms with van der Waals surface area (Å²) in [7, 11) is 5.84. The van der Waals surface area contributed by atoms with Crippen LogP contribution >= 0.6 is 0 Å². The highest BCUT2D eigenvalue weighted by Gasteiger charge is 2.25. The molecule has 1 fully saturated rings. The van der Waals surface area contributed by atoms with Gasteiger partial charge >= 0.3 is 0 Å². The van der Waals surface area contributed by atoms with E-state index in [2.05, 4.69) is 26.2 Å². The number of piperazine rings is 1. The highest BCUT2D eigenvalue weighted by molar-refractivity contribution is 5.91. The van der Waals surface area contributed by atoms with E-state index in [9.17, 15) is 4.79 Å². The van der Waals surface area contributed by atoms with E-state index in [1.54, 1.807) is 19.2 Å². The Morgan fingerprint density at radius 1 is 1.13 bits per heavy atom. The summed E-state index contributed by atoms with van der Waals surface area (Å²) >= 11 is 0. The van der Waals surface area contributed by atoms with Crippen LogP contribution in [0.5, 0.6) is 5.75 Å². The summed E-state index contributed by atoms with van der Waals surface area (Å²) in [5.74, 6) is 2.03. The van der Waals surface area contributed by atoms with Crippen molar-refractivity contribution in [2.24, 2.45) is 4.99 Å². The standard InChI is InChI=1S/C22H31N5O3/c1-23-22(24-17-18-7-4-5-8-19(18)30-16-14-25(2)3)27-12-10-26(11-13-27)21(28)20-9-6-15-29-20/h4-9,15H,10-14,16-17H2,1-3H3,(H,23,24). The van der Waals surface area contributed by atoms with Crippen molar-refractivity contribution in [3.63, 3.8) is 0 Å². The van der Waals surface area contributed by atoms with Crippen LogP contribution in [0, 0.1) is 0 Å². The molecule has 1 aliphatic rings. The van der Waals surface area contributed by atoms with Crippen LogP contribution in [0.4, 0.5) is 0 Å². The smallest absolute Gasteiger partial charge is 0.289 e. The zero-order valence-corrected chi connectivity index (χ0v) is 18.0. The van der Waals surface area contributed by atoms with E-state index in [4.69, 9.17) is 9.15 Å². The Kier molecular flexibility index (Phi) is 7.73. The summed E-state index contributed by atoms with van der Waals surface area (Å²) < 4.78 is 11.2. The largest absolute Gasteiger partial charge is 0.492 e. The molecule has 0 aliphatic carbocycles. The molecule has 0 atom stereocenters. The minimum Gasteiger partial charge on any atom is -0.492 e. The Morgan fingerprint density at radius 3 is 2.53 bits per heavy atom. The molecular formula is C22H31N5O3. The van der Waals surface area contributed by atoms with E-state index in [1.165, 1.54) is 6.26 Å². The summed E-state index contributed by atoms with van der Waals surface area (Å²) in [6.45, 7) is 4.82. The van der Waals surface area contributed by atoms with Gasteiger partial charge in [0.05, 0.1) is 6.26 Å². The number of guanidine groups is 1. The zero-order valence-electron chi connectivity index (χ0n) is 18.0. The van der Waals surface area contributed by atoms with Gasteiger partial charge in [-0.15, -0.1) is 0 Å². The molecule has 30 heavy (non-hydrogen) atoms. The first-order valence-corrected chi connectivity index (χ1v) is 10.2. The maximum absolute atomic E-state index is 12.4. The van der Waals surface area contributed by atoms with Crippen molar-refractivity contribution < 1.29 is 13.9 Å². The van der Waals surface area contributed by atoms with E-state index in [0.29, 0.717) is 45.1 Å². The van der Waals surface area contributed by atoms with Crippen molar-refractivity contribution in [1.82, 2.24) is 20.0 Å². The van der Waals surface area contributed by atoms with Crippen molar-refractivity contribution in [2.75, 3.05) is 60.5 Å². The van der Waals surface area contributed by atoms with Gasteiger partial charge in [-0.2, -0.15) is 0 Å². The number of hydrogen-bond acceptors (Lipinski definition) is 5. The number of benzene rings is 1. The van der Waals surface area contributed by atoms with Gasteiger partial charge in [-0.3, -0.25) is 9.79 Å². The fourth-order valence-electron chi connectivity index (χ4n) is 3.31. The second-order valence-electron chi connectivity index (χ2n) is 7.42. The third kappa shape index (κ3) is 5.76. The highest BCUT2D eigenvalue weighted by atomic mass is 16.5. The van der Waals surface area contributed by atoms with Gasteiger partial charge in [0.2, 0.25) is 0 Å². The van der Waals surface area contributed by atoms with Gasteiger partial charge in [0, 0.05) is 51.9 Å². The van der Waals surface area contributed by atoms with Crippen LogP contribution < -0.4 is 10.1 Å². The van der Waals surface area contributed by atoms with Crippen LogP contribution in [0.3, 0.4) is 0 Å². The highest BCUT2D eigenvalue weighted by Crippen LogP contribution is 2.18. The van der Waals surface area contributed by atoms with Crippen molar-refractivity contribution in [3.05, 3.63) is 54.0 Å². The summed E-state index contributed by atoms with van der Waals surface area (Å²) in [6, 6.07) is 11.5. The minimum absolute atomic E-state index is 0.0635. The van der Waals surface area contributed by atoms with Crippen LogP contribution in [0.1, 0.15) is 16.1 Å². The van der Waals surface area contributed by atoms with E-state index in [-0.39, 0.29) is 5.91 Å². The lowest BCUT2D eigenvalue weighted by atomic mass is 10.2. The van der Waals surface area contributed by atoms with Gasteiger partial charge < -0.3 is 29.2 Å². The molecule has 3 rings (SSSR count). The summed E-state index contributed by atoms with van der Waals surface area (Å²) in [5.41, 5.74) is 1.09. The maximum atomic E-state index is 12.4. The van der Waals surface area contributed by atoms with Gasteiger partial charge in [-0.1, -0.05) is 18.2 Å². The normalized spacial score (nSPS) is 14.9. The number of carbonyl (C=O) groups is 1. The molecule has 0 bridgehead atoms. The number of hydrogen-bond donors (Lipinski definition) is 1. The van der Waals surface area contributed by atoms with Gasteiger partial charge in [0.25, 0.3) is 5.91 Å². The number of carbonyl (C=O) groups excluding carboxylic acids is 1. The van der Waals surface area contributed by atoms with Crippen LogP contribution in [-0.2, 0) is 6.54 Å². The molecule has 1 amide bonds. The topological polar surface area (TPSA) is 73.6 Å². The fraction of sp³-hybridized carbons (Fsp3) is 0.455. The average molecular weight is 414 g/mol. The number of amides is 1. The summed E-state index contributed by atoms with van der Waals surface area (Å²) in [5, 5.41) is 3.43. The van der Waals surface area contributed by atoms with Crippen molar-refractivity contribution >= 4 is 11.9 Å². The minimum atomic E-state index is -0.0635. The number of ether oxygens (including phenoxy) is 1. The van der Waals surface area contributed by atoms with E-state index >= 15 is 0 Å². The molecule has 0 spiro atoms. The fourth-order valence-corrected chi connectivity index (χ4v) is 3.31. The zero-order chi connectivity index (χ0) is 21.3. The molecule has 8 heteroatoms. The Labute approximate surface area is 178 Å². The molecule has 1 aromatic heterocycles. The molecule has 0 saturated carbocycles. The van der Waals surface area contributed by atoms with E-state index in [1.807, 2.05) is 37.2 Å². The lowest BCUT2D eigenvalue weighted by Gasteiger charge is -2.36. The molecule has 2 aromatic rings. The van der Waals surface area contributed by atoms with Gasteiger partial charge in [0.1, 0.15) is 12.4 Å². The van der Waals surface area contributed by atoms with Crippen molar-refractivity contribution in [3.8, 4) is 5.75 Å². The maximum Gasteiger partial charge on any atom is 0.289 e. The third-order valence-electron chi connectivity index (χ3n) is 5.02. The van der Waals surface area contributed by atoms with Gasteiger partial charge in [0.15, 0.2) is 11.7 Å². The molecule has 1 N–H and O–H groups in total. The number of aliphatic imine (C=N–C) groups is 1. The third-order valence-corrected chi connectivity index (χ3v) is 5.02. The molecule has 1 saturated heterocycles. The van der Waals surface area contributed by atoms with E-state index in [0.717, 1.165) is 23.8 Å². The van der Waals surface area contributed by atoms with Gasteiger partial charge in [-0.25, -0.2) is 0 Å². The monoisotopic (exact) mass is 413 g/mol. The van der Waals surface area contributed by atoms with Crippen LogP contribution in [-0.4, -0.2) is 87.0 Å². The van der Waals surface area contributed by atoms with Crippen LogP contribution in [0.25, 0.3) is 0 Å². The van der Waals surface area contributed by atoms with Crippen LogP contribution in [0.15, 0.2) is 52.1 Å². The second-order valence-corrected chi connectivity index (χ2v) is 7.42. The number of nitrogens with zero attached hydrogens (tertiary/aromatic N) is 4. The molecule has 0 radical (unpaired) electrons. The SMILES string of the molecule is CN=C(NCc1ccccc1OCCN(C)C)N1CCN(C(=O)c2ccco2)CC1. The Bertz CT molecular complexity index is 827. The predicted molar refractivity (Wildman–Crippen MR) is 117 cm³/mol. The van der Waals surface area contributed by atoms with Crippen molar-refractivity contribution in [2.45, 2.75) is 6.54 Å². The number of para-hydroxylation sites is 1. The molecule has 1 aromatic carbocycles. The first kappa shape index (κ1) is 21.7. The van der Waals surface area contributed by atoms with Crippen molar-refractivity contribution in [1.29, 1.82) is 0 Å². The first-order valence-electron chi connectivity index (χ1n) is 10.2. The number of nitrogens with one attached hydrogen (secondary N) is 1. The average Bonchev–Trinajstić information content (AvgIpc) is 3.30.